The second-order valence-corrected chi connectivity index (χ2v) is 8.67. The molecule has 5 heteroatoms. The molecular formula is C20H23N3OSi. The number of aliphatic imine (C=N–C) groups is 1. The third-order valence-electron chi connectivity index (χ3n) is 3.71. The van der Waals surface area contributed by atoms with Gasteiger partial charge in [0, 0.05) is 11.8 Å². The zero-order chi connectivity index (χ0) is 17.8. The third-order valence-corrected chi connectivity index (χ3v) is 4.43. The summed E-state index contributed by atoms with van der Waals surface area (Å²) in [7, 11) is -1.22. The number of benzene rings is 2. The van der Waals surface area contributed by atoms with Crippen LogP contribution in [0.2, 0.25) is 13.1 Å². The number of rotatable bonds is 5. The van der Waals surface area contributed by atoms with E-state index in [-0.39, 0.29) is 0 Å². The van der Waals surface area contributed by atoms with Crippen LogP contribution in [0.4, 0.5) is 5.69 Å². The highest BCUT2D eigenvalue weighted by Gasteiger charge is 2.13. The average molecular weight is 350 g/mol. The van der Waals surface area contributed by atoms with E-state index in [0.29, 0.717) is 0 Å². The predicted molar refractivity (Wildman–Crippen MR) is 106 cm³/mol. The first kappa shape index (κ1) is 17.2. The maximum atomic E-state index is 6.08. The summed E-state index contributed by atoms with van der Waals surface area (Å²) in [6, 6.07) is 16.3. The van der Waals surface area contributed by atoms with Crippen LogP contribution in [-0.4, -0.2) is 24.7 Å². The molecule has 0 saturated heterocycles. The molecule has 0 spiro atoms. The maximum absolute atomic E-state index is 6.08. The van der Waals surface area contributed by atoms with Gasteiger partial charge in [-0.25, -0.2) is 9.98 Å². The van der Waals surface area contributed by atoms with Crippen molar-refractivity contribution >= 4 is 20.4 Å². The van der Waals surface area contributed by atoms with E-state index < -0.39 is 9.04 Å². The lowest BCUT2D eigenvalue weighted by molar-refractivity contribution is 0.582. The van der Waals surface area contributed by atoms with E-state index in [1.165, 1.54) is 0 Å². The summed E-state index contributed by atoms with van der Waals surface area (Å²) in [5.41, 5.74) is 4.70. The molecule has 0 atom stereocenters. The molecule has 3 aromatic rings. The number of H-pyrrole nitrogens is 1. The van der Waals surface area contributed by atoms with Crippen LogP contribution in [0.3, 0.4) is 0 Å². The molecule has 25 heavy (non-hydrogen) atoms. The minimum absolute atomic E-state index is 0.831. The first-order valence-electron chi connectivity index (χ1n) is 8.47. The number of hydrogen-bond acceptors (Lipinski definition) is 3. The molecule has 0 saturated carbocycles. The summed E-state index contributed by atoms with van der Waals surface area (Å²) < 4.78 is 6.08. The minimum Gasteiger partial charge on any atom is -0.546 e. The quantitative estimate of drug-likeness (QED) is 0.542. The second-order valence-electron chi connectivity index (χ2n) is 6.34. The second kappa shape index (κ2) is 7.48. The first-order valence-corrected chi connectivity index (χ1v) is 11.2. The maximum Gasteiger partial charge on any atom is 0.229 e. The Balaban J connectivity index is 2.15. The molecule has 2 aromatic carbocycles. The van der Waals surface area contributed by atoms with Gasteiger partial charge >= 0.3 is 0 Å². The van der Waals surface area contributed by atoms with Gasteiger partial charge in [-0.05, 0) is 44.6 Å². The summed E-state index contributed by atoms with van der Waals surface area (Å²) >= 11 is 0. The molecule has 0 radical (unpaired) electrons. The number of aromatic nitrogens is 2. The van der Waals surface area contributed by atoms with Crippen molar-refractivity contribution < 1.29 is 4.43 Å². The third kappa shape index (κ3) is 4.25. The lowest BCUT2D eigenvalue weighted by Gasteiger charge is -2.13. The van der Waals surface area contributed by atoms with Gasteiger partial charge in [0.25, 0.3) is 0 Å². The van der Waals surface area contributed by atoms with Crippen LogP contribution in [-0.2, 0) is 0 Å². The molecule has 1 aromatic heterocycles. The van der Waals surface area contributed by atoms with Gasteiger partial charge < -0.3 is 9.41 Å². The molecule has 0 amide bonds. The van der Waals surface area contributed by atoms with Crippen molar-refractivity contribution in [1.29, 1.82) is 0 Å². The molecule has 0 aliphatic heterocycles. The fourth-order valence-corrected chi connectivity index (χ4v) is 3.30. The van der Waals surface area contributed by atoms with E-state index >= 15 is 0 Å². The standard InChI is InChI=1S/C20H23N3OSi/c1-14-10-11-19(24-25(3)4)17(12-14)23-20(16-8-6-5-7-9-16)18-13-21-15(2)22-18/h5-13,25H,1-4H3,(H,21,22). The van der Waals surface area contributed by atoms with Crippen molar-refractivity contribution in [2.24, 2.45) is 4.99 Å². The van der Waals surface area contributed by atoms with Crippen LogP contribution in [0.25, 0.3) is 0 Å². The number of imidazole rings is 1. The van der Waals surface area contributed by atoms with Crippen LogP contribution >= 0.6 is 0 Å². The highest BCUT2D eigenvalue weighted by atomic mass is 28.3. The van der Waals surface area contributed by atoms with Crippen molar-refractivity contribution in [3.63, 3.8) is 0 Å². The number of aromatic amines is 1. The molecule has 4 nitrogen and oxygen atoms in total. The highest BCUT2D eigenvalue weighted by Crippen LogP contribution is 2.30. The molecule has 0 unspecified atom stereocenters. The van der Waals surface area contributed by atoms with Crippen LogP contribution < -0.4 is 4.43 Å². The Morgan fingerprint density at radius 1 is 1.08 bits per heavy atom. The van der Waals surface area contributed by atoms with Crippen molar-refractivity contribution in [2.75, 3.05) is 0 Å². The monoisotopic (exact) mass is 349 g/mol. The van der Waals surface area contributed by atoms with E-state index in [2.05, 4.69) is 54.3 Å². The molecule has 0 aliphatic rings. The number of aryl methyl sites for hydroxylation is 2. The van der Waals surface area contributed by atoms with E-state index in [1.54, 1.807) is 0 Å². The Bertz CT molecular complexity index is 885. The summed E-state index contributed by atoms with van der Waals surface area (Å²) in [6.45, 7) is 8.32. The average Bonchev–Trinajstić information content (AvgIpc) is 3.01. The smallest absolute Gasteiger partial charge is 0.229 e. The van der Waals surface area contributed by atoms with Crippen molar-refractivity contribution in [3.8, 4) is 5.75 Å². The normalized spacial score (nSPS) is 11.8. The van der Waals surface area contributed by atoms with Crippen LogP contribution in [0.15, 0.2) is 59.7 Å². The minimum atomic E-state index is -1.22. The molecule has 3 rings (SSSR count). The Morgan fingerprint density at radius 2 is 1.84 bits per heavy atom. The SMILES string of the molecule is Cc1ccc(O[SiH](C)C)c(N=C(c2ccccc2)c2c[nH]c(C)n2)c1. The summed E-state index contributed by atoms with van der Waals surface area (Å²) in [5, 5.41) is 0. The highest BCUT2D eigenvalue weighted by molar-refractivity contribution is 6.49. The summed E-state index contributed by atoms with van der Waals surface area (Å²) in [6.07, 6.45) is 1.90. The molecular weight excluding hydrogens is 326 g/mol. The first-order chi connectivity index (χ1) is 12.0. The van der Waals surface area contributed by atoms with E-state index in [1.807, 2.05) is 37.4 Å². The van der Waals surface area contributed by atoms with Crippen molar-refractivity contribution in [3.05, 3.63) is 77.4 Å². The largest absolute Gasteiger partial charge is 0.546 e. The van der Waals surface area contributed by atoms with Gasteiger partial charge in [-0.1, -0.05) is 36.4 Å². The Labute approximate surface area is 150 Å². The van der Waals surface area contributed by atoms with Gasteiger partial charge in [0.15, 0.2) is 0 Å². The molecule has 128 valence electrons. The number of nitrogens with one attached hydrogen (secondary N) is 1. The van der Waals surface area contributed by atoms with Gasteiger partial charge in [0.2, 0.25) is 9.04 Å². The molecule has 0 fully saturated rings. The van der Waals surface area contributed by atoms with Gasteiger partial charge in [-0.15, -0.1) is 0 Å². The van der Waals surface area contributed by atoms with Crippen molar-refractivity contribution in [2.45, 2.75) is 26.9 Å². The Hall–Kier alpha value is -2.66. The predicted octanol–water partition coefficient (Wildman–Crippen LogP) is 4.56. The van der Waals surface area contributed by atoms with Gasteiger partial charge in [0.05, 0.1) is 5.71 Å². The van der Waals surface area contributed by atoms with E-state index in [9.17, 15) is 0 Å². The summed E-state index contributed by atoms with van der Waals surface area (Å²) in [5.74, 6) is 1.71. The Kier molecular flexibility index (Phi) is 5.14. The molecule has 1 heterocycles. The lowest BCUT2D eigenvalue weighted by atomic mass is 10.1. The van der Waals surface area contributed by atoms with Gasteiger partial charge in [-0.2, -0.15) is 0 Å². The molecule has 0 bridgehead atoms. The molecule has 0 aliphatic carbocycles. The van der Waals surface area contributed by atoms with Gasteiger partial charge in [-0.3, -0.25) is 0 Å². The topological polar surface area (TPSA) is 50.3 Å². The number of hydrogen-bond donors (Lipinski definition) is 1. The lowest BCUT2D eigenvalue weighted by Crippen LogP contribution is -2.11. The zero-order valence-electron chi connectivity index (χ0n) is 15.1. The van der Waals surface area contributed by atoms with Crippen LogP contribution in [0, 0.1) is 13.8 Å². The summed E-state index contributed by atoms with van der Waals surface area (Å²) in [4.78, 5) is 12.7. The molecule has 1 N–H and O–H groups in total. The van der Waals surface area contributed by atoms with Crippen LogP contribution in [0.5, 0.6) is 5.75 Å². The fraction of sp³-hybridized carbons (Fsp3) is 0.200. The van der Waals surface area contributed by atoms with Gasteiger partial charge in [0.1, 0.15) is 23.0 Å². The number of nitrogens with zero attached hydrogens (tertiary/aromatic N) is 2. The van der Waals surface area contributed by atoms with Crippen LogP contribution in [0.1, 0.15) is 22.6 Å². The zero-order valence-corrected chi connectivity index (χ0v) is 16.2. The Morgan fingerprint density at radius 3 is 2.48 bits per heavy atom. The fourth-order valence-electron chi connectivity index (χ4n) is 2.59. The van der Waals surface area contributed by atoms with Crippen molar-refractivity contribution in [1.82, 2.24) is 9.97 Å². The van der Waals surface area contributed by atoms with E-state index in [0.717, 1.165) is 39.8 Å². The van der Waals surface area contributed by atoms with E-state index in [4.69, 9.17) is 9.42 Å².